The standard InChI is InChI=1S/C9H16O3/c1-3-7-8-4-6(10)5-9(2,11-7)12-8/h6-8,10H,3-5H2,1-2H3/t6?,7-,8-,9+/m0/s1. The van der Waals surface area contributed by atoms with Crippen LogP contribution in [-0.2, 0) is 9.47 Å². The Bertz CT molecular complexity index is 183. The van der Waals surface area contributed by atoms with Crippen LogP contribution in [0.4, 0.5) is 0 Å². The Balaban J connectivity index is 2.12. The van der Waals surface area contributed by atoms with Crippen LogP contribution in [0.1, 0.15) is 33.1 Å². The molecule has 0 radical (unpaired) electrons. The van der Waals surface area contributed by atoms with Crippen molar-refractivity contribution in [1.29, 1.82) is 0 Å². The highest BCUT2D eigenvalue weighted by atomic mass is 16.8. The van der Waals surface area contributed by atoms with Gasteiger partial charge in [0.05, 0.1) is 18.3 Å². The summed E-state index contributed by atoms with van der Waals surface area (Å²) in [6.07, 6.45) is 2.36. The number of fused-ring (bicyclic) bond motifs is 2. The molecule has 0 saturated carbocycles. The molecule has 70 valence electrons. The van der Waals surface area contributed by atoms with Crippen molar-refractivity contribution in [3.63, 3.8) is 0 Å². The predicted molar refractivity (Wildman–Crippen MR) is 43.7 cm³/mol. The van der Waals surface area contributed by atoms with Gasteiger partial charge in [0.15, 0.2) is 5.79 Å². The normalized spacial score (nSPS) is 52.8. The number of hydrogen-bond acceptors (Lipinski definition) is 3. The van der Waals surface area contributed by atoms with Crippen LogP contribution in [-0.4, -0.2) is 29.2 Å². The van der Waals surface area contributed by atoms with Crippen molar-refractivity contribution >= 4 is 0 Å². The summed E-state index contributed by atoms with van der Waals surface area (Å²) in [7, 11) is 0. The van der Waals surface area contributed by atoms with Crippen LogP contribution in [0.15, 0.2) is 0 Å². The molecule has 4 atom stereocenters. The van der Waals surface area contributed by atoms with Crippen molar-refractivity contribution in [2.24, 2.45) is 0 Å². The highest BCUT2D eigenvalue weighted by Gasteiger charge is 2.49. The fourth-order valence-electron chi connectivity index (χ4n) is 2.24. The average Bonchev–Trinajstić information content (AvgIpc) is 2.20. The second kappa shape index (κ2) is 2.69. The predicted octanol–water partition coefficient (Wildman–Crippen LogP) is 1.05. The van der Waals surface area contributed by atoms with E-state index in [1.165, 1.54) is 0 Å². The molecule has 2 aliphatic rings. The van der Waals surface area contributed by atoms with Crippen LogP contribution in [0, 0.1) is 0 Å². The topological polar surface area (TPSA) is 38.7 Å². The van der Waals surface area contributed by atoms with Crippen molar-refractivity contribution in [2.75, 3.05) is 0 Å². The van der Waals surface area contributed by atoms with E-state index >= 15 is 0 Å². The number of hydrogen-bond donors (Lipinski definition) is 1. The third kappa shape index (κ3) is 1.26. The molecular weight excluding hydrogens is 156 g/mol. The molecule has 0 aromatic rings. The molecule has 2 saturated heterocycles. The van der Waals surface area contributed by atoms with Crippen LogP contribution in [0.5, 0.6) is 0 Å². The van der Waals surface area contributed by atoms with Crippen molar-refractivity contribution in [2.45, 2.75) is 57.2 Å². The van der Waals surface area contributed by atoms with Gasteiger partial charge in [0.25, 0.3) is 0 Å². The summed E-state index contributed by atoms with van der Waals surface area (Å²) in [5.74, 6) is -0.511. The van der Waals surface area contributed by atoms with Crippen LogP contribution in [0.2, 0.25) is 0 Å². The molecule has 2 aliphatic heterocycles. The molecule has 0 aliphatic carbocycles. The van der Waals surface area contributed by atoms with Gasteiger partial charge < -0.3 is 14.6 Å². The zero-order valence-corrected chi connectivity index (χ0v) is 7.62. The van der Waals surface area contributed by atoms with Gasteiger partial charge >= 0.3 is 0 Å². The Morgan fingerprint density at radius 2 is 2.25 bits per heavy atom. The minimum atomic E-state index is -0.511. The molecule has 0 spiro atoms. The average molecular weight is 172 g/mol. The number of aliphatic hydroxyl groups is 1. The molecule has 1 unspecified atom stereocenters. The highest BCUT2D eigenvalue weighted by Crippen LogP contribution is 2.40. The molecular formula is C9H16O3. The van der Waals surface area contributed by atoms with E-state index in [4.69, 9.17) is 9.47 Å². The molecule has 12 heavy (non-hydrogen) atoms. The first-order chi connectivity index (χ1) is 5.63. The lowest BCUT2D eigenvalue weighted by atomic mass is 9.99. The third-order valence-electron chi connectivity index (χ3n) is 2.73. The molecule has 3 heteroatoms. The molecule has 0 amide bonds. The van der Waals surface area contributed by atoms with Gasteiger partial charge in [-0.2, -0.15) is 0 Å². The molecule has 3 nitrogen and oxygen atoms in total. The van der Waals surface area contributed by atoms with E-state index in [2.05, 4.69) is 6.92 Å². The van der Waals surface area contributed by atoms with E-state index in [1.54, 1.807) is 0 Å². The molecule has 2 fully saturated rings. The largest absolute Gasteiger partial charge is 0.393 e. The molecule has 0 aromatic heterocycles. The zero-order chi connectivity index (χ0) is 8.77. The van der Waals surface area contributed by atoms with Crippen molar-refractivity contribution in [3.8, 4) is 0 Å². The second-order valence-electron chi connectivity index (χ2n) is 3.95. The van der Waals surface area contributed by atoms with Gasteiger partial charge in [-0.3, -0.25) is 0 Å². The van der Waals surface area contributed by atoms with Gasteiger partial charge in [-0.1, -0.05) is 6.92 Å². The van der Waals surface area contributed by atoms with Crippen molar-refractivity contribution in [3.05, 3.63) is 0 Å². The van der Waals surface area contributed by atoms with E-state index < -0.39 is 5.79 Å². The van der Waals surface area contributed by atoms with E-state index in [9.17, 15) is 5.11 Å². The van der Waals surface area contributed by atoms with Crippen LogP contribution in [0.25, 0.3) is 0 Å². The Labute approximate surface area is 72.7 Å². The van der Waals surface area contributed by atoms with Crippen LogP contribution < -0.4 is 0 Å². The maximum atomic E-state index is 9.51. The molecule has 0 aromatic carbocycles. The summed E-state index contributed by atoms with van der Waals surface area (Å²) in [6.45, 7) is 4.00. The lowest BCUT2D eigenvalue weighted by molar-refractivity contribution is -0.200. The monoisotopic (exact) mass is 172 g/mol. The first-order valence-electron chi connectivity index (χ1n) is 4.66. The third-order valence-corrected chi connectivity index (χ3v) is 2.73. The number of aliphatic hydroxyl groups excluding tert-OH is 1. The number of ether oxygens (including phenoxy) is 2. The maximum Gasteiger partial charge on any atom is 0.168 e. The van der Waals surface area contributed by atoms with Gasteiger partial charge in [0, 0.05) is 12.8 Å². The van der Waals surface area contributed by atoms with Gasteiger partial charge in [0.1, 0.15) is 0 Å². The van der Waals surface area contributed by atoms with E-state index in [0.717, 1.165) is 12.8 Å². The lowest BCUT2D eigenvalue weighted by Gasteiger charge is -2.30. The van der Waals surface area contributed by atoms with E-state index in [-0.39, 0.29) is 18.3 Å². The summed E-state index contributed by atoms with van der Waals surface area (Å²) in [4.78, 5) is 0. The van der Waals surface area contributed by atoms with Crippen molar-refractivity contribution in [1.82, 2.24) is 0 Å². The Morgan fingerprint density at radius 3 is 2.92 bits per heavy atom. The quantitative estimate of drug-likeness (QED) is 0.642. The summed E-state index contributed by atoms with van der Waals surface area (Å²) >= 11 is 0. The first kappa shape index (κ1) is 8.48. The Morgan fingerprint density at radius 1 is 1.50 bits per heavy atom. The number of rotatable bonds is 1. The Kier molecular flexibility index (Phi) is 1.90. The van der Waals surface area contributed by atoms with Crippen LogP contribution in [0.3, 0.4) is 0 Å². The summed E-state index contributed by atoms with van der Waals surface area (Å²) in [5.41, 5.74) is 0. The molecule has 2 heterocycles. The zero-order valence-electron chi connectivity index (χ0n) is 7.62. The summed E-state index contributed by atoms with van der Waals surface area (Å²) < 4.78 is 11.4. The minimum Gasteiger partial charge on any atom is -0.393 e. The van der Waals surface area contributed by atoms with Gasteiger partial charge in [-0.25, -0.2) is 0 Å². The molecule has 1 N–H and O–H groups in total. The van der Waals surface area contributed by atoms with Crippen molar-refractivity contribution < 1.29 is 14.6 Å². The fraction of sp³-hybridized carbons (Fsp3) is 1.00. The lowest BCUT2D eigenvalue weighted by Crippen LogP contribution is -2.38. The summed E-state index contributed by atoms with van der Waals surface area (Å²) in [6, 6.07) is 0. The summed E-state index contributed by atoms with van der Waals surface area (Å²) in [5, 5.41) is 9.51. The molecule has 2 rings (SSSR count). The fourth-order valence-corrected chi connectivity index (χ4v) is 2.24. The maximum absolute atomic E-state index is 9.51. The molecule has 2 bridgehead atoms. The first-order valence-corrected chi connectivity index (χ1v) is 4.66. The smallest absolute Gasteiger partial charge is 0.168 e. The van der Waals surface area contributed by atoms with Gasteiger partial charge in [0.2, 0.25) is 0 Å². The minimum absolute atomic E-state index is 0.115. The SMILES string of the molecule is CC[C@@H]1O[C@@]2(C)CC(O)C[C@@H]1O2. The highest BCUT2D eigenvalue weighted by molar-refractivity contribution is 4.91. The van der Waals surface area contributed by atoms with E-state index in [0.29, 0.717) is 6.42 Å². The van der Waals surface area contributed by atoms with Crippen LogP contribution >= 0.6 is 0 Å². The Hall–Kier alpha value is -0.120. The van der Waals surface area contributed by atoms with Gasteiger partial charge in [-0.05, 0) is 13.3 Å². The van der Waals surface area contributed by atoms with E-state index in [1.807, 2.05) is 6.92 Å². The second-order valence-corrected chi connectivity index (χ2v) is 3.95. The van der Waals surface area contributed by atoms with Gasteiger partial charge in [-0.15, -0.1) is 0 Å².